The number of phenols is 1. The quantitative estimate of drug-likeness (QED) is 0.377. The predicted molar refractivity (Wildman–Crippen MR) is 140 cm³/mol. The Kier molecular flexibility index (Phi) is 7.60. The molecule has 1 saturated heterocycles. The fraction of sp³-hybridized carbons (Fsp3) is 0.185. The molecule has 1 fully saturated rings. The van der Waals surface area contributed by atoms with Crippen molar-refractivity contribution in [3.05, 3.63) is 93.3 Å². The van der Waals surface area contributed by atoms with Crippen molar-refractivity contribution in [2.45, 2.75) is 20.3 Å². The number of amidine groups is 1. The van der Waals surface area contributed by atoms with Gasteiger partial charge in [0.1, 0.15) is 0 Å². The van der Waals surface area contributed by atoms with Gasteiger partial charge in [0.25, 0.3) is 5.91 Å². The second-order valence-electron chi connectivity index (χ2n) is 7.82. The summed E-state index contributed by atoms with van der Waals surface area (Å²) in [4.78, 5) is 20.4. The Labute approximate surface area is 208 Å². The third-order valence-electron chi connectivity index (χ3n) is 5.26. The molecule has 7 heteroatoms. The van der Waals surface area contributed by atoms with Crippen LogP contribution in [-0.2, 0) is 11.2 Å². The molecule has 3 aromatic carbocycles. The SMILES string of the molecule is CCOc1cc(/C=C2/SC(=Nc3ccc(C)cc3)N(CCc3ccccc3)C2=O)cc(Cl)c1O. The number of carbonyl (C=O) groups excluding carboxylic acids is 1. The number of benzene rings is 3. The smallest absolute Gasteiger partial charge is 0.266 e. The number of amides is 1. The van der Waals surface area contributed by atoms with E-state index in [1.807, 2.05) is 56.3 Å². The standard InChI is InChI=1S/C27H25ClN2O3S/c1-3-33-23-16-20(15-22(28)25(23)31)17-24-26(32)30(14-13-19-7-5-4-6-8-19)27(34-24)29-21-11-9-18(2)10-12-21/h4-12,15-17,31H,3,13-14H2,1-2H3/b24-17+,29-27?. The van der Waals surface area contributed by atoms with Gasteiger partial charge in [-0.05, 0) is 73.5 Å². The van der Waals surface area contributed by atoms with E-state index in [2.05, 4.69) is 12.1 Å². The molecule has 0 atom stereocenters. The van der Waals surface area contributed by atoms with Crippen LogP contribution in [0.5, 0.6) is 11.5 Å². The number of hydrogen-bond acceptors (Lipinski definition) is 5. The zero-order chi connectivity index (χ0) is 24.1. The third kappa shape index (κ3) is 5.64. The zero-order valence-corrected chi connectivity index (χ0v) is 20.6. The highest BCUT2D eigenvalue weighted by Gasteiger charge is 2.33. The molecule has 0 saturated carbocycles. The second-order valence-corrected chi connectivity index (χ2v) is 9.23. The van der Waals surface area contributed by atoms with Crippen molar-refractivity contribution in [1.82, 2.24) is 4.90 Å². The van der Waals surface area contributed by atoms with Crippen LogP contribution in [0.3, 0.4) is 0 Å². The first-order valence-electron chi connectivity index (χ1n) is 11.0. The molecule has 0 unspecified atom stereocenters. The summed E-state index contributed by atoms with van der Waals surface area (Å²) in [6.45, 7) is 4.75. The van der Waals surface area contributed by atoms with Crippen molar-refractivity contribution in [1.29, 1.82) is 0 Å². The van der Waals surface area contributed by atoms with Gasteiger partial charge in [-0.2, -0.15) is 0 Å². The van der Waals surface area contributed by atoms with Gasteiger partial charge in [0, 0.05) is 6.54 Å². The summed E-state index contributed by atoms with van der Waals surface area (Å²) in [5.41, 5.74) is 3.76. The Morgan fingerprint density at radius 2 is 1.85 bits per heavy atom. The number of aryl methyl sites for hydroxylation is 1. The molecule has 34 heavy (non-hydrogen) atoms. The molecule has 1 N–H and O–H groups in total. The number of ether oxygens (including phenoxy) is 1. The number of phenolic OH excluding ortho intramolecular Hbond substituents is 1. The van der Waals surface area contributed by atoms with E-state index in [1.54, 1.807) is 23.1 Å². The highest BCUT2D eigenvalue weighted by molar-refractivity contribution is 8.18. The topological polar surface area (TPSA) is 62.1 Å². The average Bonchev–Trinajstić information content (AvgIpc) is 3.11. The van der Waals surface area contributed by atoms with Crippen molar-refractivity contribution < 1.29 is 14.6 Å². The largest absolute Gasteiger partial charge is 0.503 e. The van der Waals surface area contributed by atoms with E-state index in [4.69, 9.17) is 21.3 Å². The summed E-state index contributed by atoms with van der Waals surface area (Å²) >= 11 is 7.51. The minimum atomic E-state index is -0.117. The van der Waals surface area contributed by atoms with Crippen molar-refractivity contribution in [3.63, 3.8) is 0 Å². The van der Waals surface area contributed by atoms with Crippen LogP contribution in [-0.4, -0.2) is 34.2 Å². The molecule has 1 amide bonds. The molecule has 0 aromatic heterocycles. The first-order chi connectivity index (χ1) is 16.4. The maximum atomic E-state index is 13.4. The van der Waals surface area contributed by atoms with Crippen molar-refractivity contribution in [2.75, 3.05) is 13.2 Å². The molecule has 1 aliphatic rings. The van der Waals surface area contributed by atoms with Crippen LogP contribution in [0.2, 0.25) is 5.02 Å². The first kappa shape index (κ1) is 23.9. The molecule has 0 radical (unpaired) electrons. The van der Waals surface area contributed by atoms with E-state index >= 15 is 0 Å². The summed E-state index contributed by atoms with van der Waals surface area (Å²) in [7, 11) is 0. The molecule has 0 aliphatic carbocycles. The van der Waals surface area contributed by atoms with E-state index in [1.165, 1.54) is 11.8 Å². The number of carbonyl (C=O) groups is 1. The minimum absolute atomic E-state index is 0.109. The Balaban J connectivity index is 1.66. The Bertz CT molecular complexity index is 1240. The van der Waals surface area contributed by atoms with Crippen LogP contribution in [0.15, 0.2) is 76.6 Å². The van der Waals surface area contributed by atoms with Gasteiger partial charge >= 0.3 is 0 Å². The molecule has 0 spiro atoms. The molecule has 0 bridgehead atoms. The lowest BCUT2D eigenvalue weighted by Crippen LogP contribution is -2.31. The summed E-state index contributed by atoms with van der Waals surface area (Å²) in [6.07, 6.45) is 2.47. The number of hydrogen-bond donors (Lipinski definition) is 1. The molecule has 174 valence electrons. The summed E-state index contributed by atoms with van der Waals surface area (Å²) < 4.78 is 5.48. The second kappa shape index (κ2) is 10.8. The van der Waals surface area contributed by atoms with Gasteiger partial charge in [-0.1, -0.05) is 59.6 Å². The number of thioether (sulfide) groups is 1. The van der Waals surface area contributed by atoms with E-state index in [-0.39, 0.29) is 22.4 Å². The molecular formula is C27H25ClN2O3S. The lowest BCUT2D eigenvalue weighted by Gasteiger charge is -2.15. The van der Waals surface area contributed by atoms with Gasteiger partial charge in [0.15, 0.2) is 16.7 Å². The molecule has 3 aromatic rings. The molecule has 5 nitrogen and oxygen atoms in total. The normalized spacial score (nSPS) is 16.0. The third-order valence-corrected chi connectivity index (χ3v) is 6.56. The Hall–Kier alpha value is -3.22. The van der Waals surface area contributed by atoms with Gasteiger partial charge in [-0.25, -0.2) is 4.99 Å². The predicted octanol–water partition coefficient (Wildman–Crippen LogP) is 6.60. The van der Waals surface area contributed by atoms with Gasteiger partial charge in [-0.3, -0.25) is 9.69 Å². The maximum absolute atomic E-state index is 13.4. The molecule has 1 heterocycles. The Morgan fingerprint density at radius 1 is 1.12 bits per heavy atom. The number of halogens is 1. The van der Waals surface area contributed by atoms with E-state index in [9.17, 15) is 9.90 Å². The molecule has 1 aliphatic heterocycles. The lowest BCUT2D eigenvalue weighted by molar-refractivity contribution is -0.122. The van der Waals surface area contributed by atoms with Crippen LogP contribution in [0.4, 0.5) is 5.69 Å². The van der Waals surface area contributed by atoms with Gasteiger partial charge in [0.2, 0.25) is 0 Å². The average molecular weight is 493 g/mol. The number of rotatable bonds is 7. The van der Waals surface area contributed by atoms with Crippen molar-refractivity contribution in [2.24, 2.45) is 4.99 Å². The summed E-state index contributed by atoms with van der Waals surface area (Å²) in [5.74, 6) is 0.0582. The number of aliphatic imine (C=N–C) groups is 1. The fourth-order valence-electron chi connectivity index (χ4n) is 3.50. The number of nitrogens with zero attached hydrogens (tertiary/aromatic N) is 2. The van der Waals surface area contributed by atoms with Crippen molar-refractivity contribution >= 4 is 46.2 Å². The zero-order valence-electron chi connectivity index (χ0n) is 19.0. The van der Waals surface area contributed by atoms with Crippen LogP contribution in [0.25, 0.3) is 6.08 Å². The van der Waals surface area contributed by atoms with Gasteiger partial charge in [-0.15, -0.1) is 0 Å². The summed E-state index contributed by atoms with van der Waals surface area (Å²) in [6, 6.07) is 21.2. The number of aromatic hydroxyl groups is 1. The molecule has 4 rings (SSSR count). The van der Waals surface area contributed by atoms with Crippen LogP contribution in [0.1, 0.15) is 23.6 Å². The first-order valence-corrected chi connectivity index (χ1v) is 12.2. The van der Waals surface area contributed by atoms with Crippen LogP contribution >= 0.6 is 23.4 Å². The van der Waals surface area contributed by atoms with E-state index in [0.717, 1.165) is 16.8 Å². The fourth-order valence-corrected chi connectivity index (χ4v) is 4.74. The van der Waals surface area contributed by atoms with Crippen molar-refractivity contribution in [3.8, 4) is 11.5 Å². The monoisotopic (exact) mass is 492 g/mol. The summed E-state index contributed by atoms with van der Waals surface area (Å²) in [5, 5.41) is 10.9. The minimum Gasteiger partial charge on any atom is -0.503 e. The maximum Gasteiger partial charge on any atom is 0.266 e. The lowest BCUT2D eigenvalue weighted by atomic mass is 10.1. The van der Waals surface area contributed by atoms with Gasteiger partial charge in [0.05, 0.1) is 22.2 Å². The Morgan fingerprint density at radius 3 is 2.56 bits per heavy atom. The van der Waals surface area contributed by atoms with Crippen LogP contribution in [0, 0.1) is 6.92 Å². The highest BCUT2D eigenvalue weighted by Crippen LogP contribution is 2.38. The van der Waals surface area contributed by atoms with E-state index < -0.39 is 0 Å². The van der Waals surface area contributed by atoms with Crippen LogP contribution < -0.4 is 4.74 Å². The van der Waals surface area contributed by atoms with E-state index in [0.29, 0.717) is 35.2 Å². The highest BCUT2D eigenvalue weighted by atomic mass is 35.5. The molecular weight excluding hydrogens is 468 g/mol. The van der Waals surface area contributed by atoms with Gasteiger partial charge < -0.3 is 9.84 Å².